The van der Waals surface area contributed by atoms with Crippen LogP contribution in [0.15, 0.2) is 53.8 Å². The van der Waals surface area contributed by atoms with E-state index in [0.29, 0.717) is 6.61 Å². The van der Waals surface area contributed by atoms with E-state index in [1.165, 1.54) is 0 Å². The summed E-state index contributed by atoms with van der Waals surface area (Å²) in [6.07, 6.45) is 4.51. The number of nitrogens with zero attached hydrogens (tertiary/aromatic N) is 5. The number of nitrogens with one attached hydrogen (secondary N) is 2. The van der Waals surface area contributed by atoms with Crippen LogP contribution >= 0.6 is 24.0 Å². The largest absolute Gasteiger partial charge is 0.494 e. The van der Waals surface area contributed by atoms with Gasteiger partial charge < -0.3 is 20.3 Å². The molecule has 2 heterocycles. The van der Waals surface area contributed by atoms with Gasteiger partial charge in [0.1, 0.15) is 5.75 Å². The molecule has 0 aliphatic carbocycles. The van der Waals surface area contributed by atoms with E-state index in [2.05, 4.69) is 35.4 Å². The molecule has 3 rings (SSSR count). The summed E-state index contributed by atoms with van der Waals surface area (Å²) in [6.45, 7) is 7.30. The maximum Gasteiger partial charge on any atom is 0.225 e. The molecule has 9 heteroatoms. The fraction of sp³-hybridized carbons (Fsp3) is 0.476. The van der Waals surface area contributed by atoms with E-state index < -0.39 is 0 Å². The molecule has 30 heavy (non-hydrogen) atoms. The van der Waals surface area contributed by atoms with Crippen molar-refractivity contribution in [2.24, 2.45) is 4.99 Å². The quantitative estimate of drug-likeness (QED) is 0.224. The van der Waals surface area contributed by atoms with E-state index in [9.17, 15) is 0 Å². The predicted molar refractivity (Wildman–Crippen MR) is 132 cm³/mol. The molecule has 2 N–H and O–H groups in total. The molecule has 0 unspecified atom stereocenters. The third kappa shape index (κ3) is 8.31. The van der Waals surface area contributed by atoms with Crippen LogP contribution in [0.3, 0.4) is 0 Å². The Bertz CT molecular complexity index is 725. The lowest BCUT2D eigenvalue weighted by molar-refractivity contribution is 0.260. The average molecular weight is 525 g/mol. The predicted octanol–water partition coefficient (Wildman–Crippen LogP) is 1.85. The van der Waals surface area contributed by atoms with Gasteiger partial charge in [0.2, 0.25) is 5.95 Å². The number of para-hydroxylation sites is 1. The second-order valence-electron chi connectivity index (χ2n) is 6.82. The van der Waals surface area contributed by atoms with Crippen molar-refractivity contribution < 1.29 is 4.74 Å². The summed E-state index contributed by atoms with van der Waals surface area (Å²) in [6, 6.07) is 11.7. The third-order valence-corrected chi connectivity index (χ3v) is 4.78. The Morgan fingerprint density at radius 2 is 1.70 bits per heavy atom. The van der Waals surface area contributed by atoms with Gasteiger partial charge in [-0.15, -0.1) is 24.0 Å². The van der Waals surface area contributed by atoms with Crippen LogP contribution in [0.4, 0.5) is 5.95 Å². The van der Waals surface area contributed by atoms with Crippen molar-refractivity contribution in [1.82, 2.24) is 25.5 Å². The minimum Gasteiger partial charge on any atom is -0.494 e. The van der Waals surface area contributed by atoms with E-state index in [1.54, 1.807) is 19.4 Å². The zero-order valence-electron chi connectivity index (χ0n) is 17.5. The van der Waals surface area contributed by atoms with Gasteiger partial charge in [-0.25, -0.2) is 9.97 Å². The van der Waals surface area contributed by atoms with E-state index in [1.807, 2.05) is 36.4 Å². The zero-order chi connectivity index (χ0) is 20.2. The molecule has 1 aromatic carbocycles. The lowest BCUT2D eigenvalue weighted by atomic mass is 10.3. The van der Waals surface area contributed by atoms with E-state index in [4.69, 9.17) is 4.74 Å². The van der Waals surface area contributed by atoms with Crippen LogP contribution in [0.25, 0.3) is 0 Å². The van der Waals surface area contributed by atoms with Crippen LogP contribution in [0.2, 0.25) is 0 Å². The molecule has 0 atom stereocenters. The molecular formula is C21H32IN7O. The molecule has 8 nitrogen and oxygen atoms in total. The molecule has 0 saturated carbocycles. The van der Waals surface area contributed by atoms with Gasteiger partial charge in [0.25, 0.3) is 0 Å². The fourth-order valence-corrected chi connectivity index (χ4v) is 3.16. The SMILES string of the molecule is CN=C(NCCCOc1ccccc1)NCCN1CCN(c2ncccn2)CC1.I. The minimum absolute atomic E-state index is 0. The lowest BCUT2D eigenvalue weighted by Gasteiger charge is -2.34. The molecule has 1 aliphatic heterocycles. The Hall–Kier alpha value is -2.14. The third-order valence-electron chi connectivity index (χ3n) is 4.78. The van der Waals surface area contributed by atoms with Crippen LogP contribution in [-0.4, -0.2) is 80.3 Å². The molecule has 0 spiro atoms. The molecule has 1 fully saturated rings. The first kappa shape index (κ1) is 24.1. The number of rotatable bonds is 9. The van der Waals surface area contributed by atoms with Crippen molar-refractivity contribution in [2.45, 2.75) is 6.42 Å². The van der Waals surface area contributed by atoms with Gasteiger partial charge in [0.05, 0.1) is 6.61 Å². The smallest absolute Gasteiger partial charge is 0.225 e. The molecule has 0 bridgehead atoms. The lowest BCUT2D eigenvalue weighted by Crippen LogP contribution is -2.49. The Morgan fingerprint density at radius 1 is 1.00 bits per heavy atom. The Morgan fingerprint density at radius 3 is 2.40 bits per heavy atom. The molecule has 1 aromatic heterocycles. The highest BCUT2D eigenvalue weighted by Gasteiger charge is 2.18. The number of hydrogen-bond acceptors (Lipinski definition) is 6. The molecule has 1 saturated heterocycles. The first-order valence-corrected chi connectivity index (χ1v) is 10.2. The molecular weight excluding hydrogens is 493 g/mol. The van der Waals surface area contributed by atoms with Crippen LogP contribution in [0.5, 0.6) is 5.75 Å². The zero-order valence-corrected chi connectivity index (χ0v) is 19.9. The fourth-order valence-electron chi connectivity index (χ4n) is 3.16. The Balaban J connectivity index is 0.00000320. The molecule has 0 amide bonds. The monoisotopic (exact) mass is 525 g/mol. The number of aromatic nitrogens is 2. The molecule has 0 radical (unpaired) electrons. The van der Waals surface area contributed by atoms with Gasteiger partial charge in [0.15, 0.2) is 5.96 Å². The summed E-state index contributed by atoms with van der Waals surface area (Å²) in [5, 5.41) is 6.72. The maximum absolute atomic E-state index is 5.70. The highest BCUT2D eigenvalue weighted by atomic mass is 127. The van der Waals surface area contributed by atoms with E-state index in [-0.39, 0.29) is 24.0 Å². The van der Waals surface area contributed by atoms with Gasteiger partial charge in [0, 0.05) is 65.3 Å². The highest BCUT2D eigenvalue weighted by Crippen LogP contribution is 2.09. The van der Waals surface area contributed by atoms with Crippen molar-refractivity contribution in [3.8, 4) is 5.75 Å². The Kier molecular flexibility index (Phi) is 11.2. The van der Waals surface area contributed by atoms with Crippen molar-refractivity contribution in [1.29, 1.82) is 0 Å². The number of halogens is 1. The topological polar surface area (TPSA) is 77.9 Å². The van der Waals surface area contributed by atoms with Crippen molar-refractivity contribution in [3.63, 3.8) is 0 Å². The summed E-state index contributed by atoms with van der Waals surface area (Å²) in [5.74, 6) is 2.57. The normalized spacial score (nSPS) is 14.7. The molecule has 2 aromatic rings. The number of anilines is 1. The number of piperazine rings is 1. The van der Waals surface area contributed by atoms with Gasteiger partial charge in [-0.2, -0.15) is 0 Å². The second-order valence-corrected chi connectivity index (χ2v) is 6.82. The first-order valence-electron chi connectivity index (χ1n) is 10.2. The molecule has 1 aliphatic rings. The number of benzene rings is 1. The summed E-state index contributed by atoms with van der Waals surface area (Å²) in [4.78, 5) is 17.6. The second kappa shape index (κ2) is 14.0. The van der Waals surface area contributed by atoms with Crippen molar-refractivity contribution in [3.05, 3.63) is 48.8 Å². The van der Waals surface area contributed by atoms with Crippen LogP contribution in [-0.2, 0) is 0 Å². The van der Waals surface area contributed by atoms with Gasteiger partial charge in [-0.1, -0.05) is 18.2 Å². The minimum atomic E-state index is 0. The average Bonchev–Trinajstić information content (AvgIpc) is 2.79. The molecule has 164 valence electrons. The number of aliphatic imine (C=N–C) groups is 1. The van der Waals surface area contributed by atoms with Gasteiger partial charge >= 0.3 is 0 Å². The van der Waals surface area contributed by atoms with Crippen LogP contribution < -0.4 is 20.3 Å². The summed E-state index contributed by atoms with van der Waals surface area (Å²) in [5.41, 5.74) is 0. The highest BCUT2D eigenvalue weighted by molar-refractivity contribution is 14.0. The summed E-state index contributed by atoms with van der Waals surface area (Å²) < 4.78 is 5.70. The number of hydrogen-bond donors (Lipinski definition) is 2. The summed E-state index contributed by atoms with van der Waals surface area (Å²) >= 11 is 0. The van der Waals surface area contributed by atoms with Gasteiger partial charge in [-0.3, -0.25) is 9.89 Å². The summed E-state index contributed by atoms with van der Waals surface area (Å²) in [7, 11) is 1.80. The van der Waals surface area contributed by atoms with Crippen LogP contribution in [0.1, 0.15) is 6.42 Å². The first-order chi connectivity index (χ1) is 14.3. The number of guanidine groups is 1. The van der Waals surface area contributed by atoms with E-state index >= 15 is 0 Å². The Labute approximate surface area is 196 Å². The van der Waals surface area contributed by atoms with Crippen molar-refractivity contribution in [2.75, 3.05) is 64.4 Å². The van der Waals surface area contributed by atoms with Crippen LogP contribution in [0, 0.1) is 0 Å². The van der Waals surface area contributed by atoms with E-state index in [0.717, 1.165) is 69.9 Å². The van der Waals surface area contributed by atoms with Gasteiger partial charge in [-0.05, 0) is 24.6 Å². The number of ether oxygens (including phenoxy) is 1. The van der Waals surface area contributed by atoms with Crippen molar-refractivity contribution >= 4 is 35.9 Å². The maximum atomic E-state index is 5.70. The standard InChI is InChI=1S/C21H31N7O.HI/c1-22-20(23-11-6-18-29-19-7-3-2-4-8-19)24-12-13-27-14-16-28(17-15-27)21-25-9-5-10-26-21;/h2-5,7-10H,6,11-18H2,1H3,(H2,22,23,24);1H.